The Morgan fingerprint density at radius 3 is 2.82 bits per heavy atom. The topological polar surface area (TPSA) is 0 Å². The predicted molar refractivity (Wildman–Crippen MR) is 73.7 cm³/mol. The van der Waals surface area contributed by atoms with E-state index in [1.165, 1.54) is 38.5 Å². The van der Waals surface area contributed by atoms with Crippen molar-refractivity contribution in [1.29, 1.82) is 0 Å². The van der Waals surface area contributed by atoms with Gasteiger partial charge in [-0.1, -0.05) is 39.3 Å². The summed E-state index contributed by atoms with van der Waals surface area (Å²) in [5.41, 5.74) is 2.31. The van der Waals surface area contributed by atoms with Gasteiger partial charge in [0, 0.05) is 0 Å². The lowest BCUT2D eigenvalue weighted by molar-refractivity contribution is 0.312. The third-order valence-corrected chi connectivity index (χ3v) is 6.33. The van der Waals surface area contributed by atoms with Gasteiger partial charge >= 0.3 is 0 Å². The summed E-state index contributed by atoms with van der Waals surface area (Å²) in [6.07, 6.45) is 8.54. The van der Waals surface area contributed by atoms with E-state index in [0.29, 0.717) is 5.41 Å². The van der Waals surface area contributed by atoms with Crippen LogP contribution in [0.15, 0.2) is 12.2 Å². The van der Waals surface area contributed by atoms with Gasteiger partial charge in [-0.05, 0) is 67.1 Å². The summed E-state index contributed by atoms with van der Waals surface area (Å²) in [7, 11) is 0. The van der Waals surface area contributed by atoms with Gasteiger partial charge in [0.05, 0.1) is 0 Å². The summed E-state index contributed by atoms with van der Waals surface area (Å²) in [4.78, 5) is 0. The summed E-state index contributed by atoms with van der Waals surface area (Å²) in [6, 6.07) is 0. The average Bonchev–Trinajstić information content (AvgIpc) is 2.70. The second-order valence-electron chi connectivity index (χ2n) is 7.43. The highest BCUT2D eigenvalue weighted by molar-refractivity contribution is 5.20. The summed E-state index contributed by atoms with van der Waals surface area (Å²) in [6.45, 7) is 11.8. The van der Waals surface area contributed by atoms with E-state index in [2.05, 4.69) is 27.4 Å². The summed E-state index contributed by atoms with van der Waals surface area (Å²) >= 11 is 0. The molecule has 0 N–H and O–H groups in total. The van der Waals surface area contributed by atoms with Crippen molar-refractivity contribution < 1.29 is 0 Å². The van der Waals surface area contributed by atoms with Gasteiger partial charge in [-0.2, -0.15) is 0 Å². The van der Waals surface area contributed by atoms with Crippen LogP contribution in [0, 0.1) is 35.0 Å². The fourth-order valence-corrected chi connectivity index (χ4v) is 5.61. The van der Waals surface area contributed by atoms with E-state index in [4.69, 9.17) is 0 Å². The number of rotatable bonds is 2. The van der Waals surface area contributed by atoms with Crippen LogP contribution in [0.1, 0.15) is 59.3 Å². The van der Waals surface area contributed by atoms with E-state index in [9.17, 15) is 0 Å². The molecule has 0 aromatic rings. The molecule has 0 unspecified atom stereocenters. The molecular weight excluding hydrogens is 204 g/mol. The van der Waals surface area contributed by atoms with E-state index in [1.807, 2.05) is 0 Å². The Morgan fingerprint density at radius 1 is 1.35 bits per heavy atom. The standard InChI is InChI=1S/C17H28/c1-5-8-17(4)15-7-6-12(3)13-9-11(2)10-14(13)16(15)17/h11,13-16H,3,5-10H2,1-2,4H3/t11-,13+,14+,15+,16-,17+/m0/s1. The molecule has 0 bridgehead atoms. The first-order chi connectivity index (χ1) is 8.08. The van der Waals surface area contributed by atoms with Crippen molar-refractivity contribution in [3.8, 4) is 0 Å². The highest BCUT2D eigenvalue weighted by Crippen LogP contribution is 2.71. The van der Waals surface area contributed by atoms with Crippen LogP contribution in [-0.2, 0) is 0 Å². The minimum Gasteiger partial charge on any atom is -0.0996 e. The Kier molecular flexibility index (Phi) is 2.69. The van der Waals surface area contributed by atoms with Crippen LogP contribution in [0.2, 0.25) is 0 Å². The number of hydrogen-bond donors (Lipinski definition) is 0. The average molecular weight is 232 g/mol. The Labute approximate surface area is 107 Å². The molecule has 6 atom stereocenters. The summed E-state index contributed by atoms with van der Waals surface area (Å²) < 4.78 is 0. The molecule has 0 saturated heterocycles. The molecule has 0 radical (unpaired) electrons. The molecule has 0 aliphatic heterocycles. The first kappa shape index (κ1) is 11.8. The normalized spacial score (nSPS) is 52.9. The fourth-order valence-electron chi connectivity index (χ4n) is 5.61. The molecule has 96 valence electrons. The molecule has 3 fully saturated rings. The zero-order valence-corrected chi connectivity index (χ0v) is 11.8. The lowest BCUT2D eigenvalue weighted by Gasteiger charge is -2.23. The highest BCUT2D eigenvalue weighted by Gasteiger charge is 2.65. The number of allylic oxidation sites excluding steroid dienone is 1. The molecule has 3 aliphatic carbocycles. The van der Waals surface area contributed by atoms with Crippen molar-refractivity contribution in [2.75, 3.05) is 0 Å². The molecule has 3 aliphatic rings. The maximum atomic E-state index is 4.40. The van der Waals surface area contributed by atoms with Gasteiger partial charge in [-0.3, -0.25) is 0 Å². The largest absolute Gasteiger partial charge is 0.0996 e. The molecule has 0 nitrogen and oxygen atoms in total. The van der Waals surface area contributed by atoms with Crippen LogP contribution < -0.4 is 0 Å². The third kappa shape index (κ3) is 1.63. The lowest BCUT2D eigenvalue weighted by atomic mass is 9.81. The van der Waals surface area contributed by atoms with Crippen molar-refractivity contribution in [2.24, 2.45) is 35.0 Å². The van der Waals surface area contributed by atoms with Crippen molar-refractivity contribution in [3.05, 3.63) is 12.2 Å². The van der Waals surface area contributed by atoms with Crippen LogP contribution in [0.5, 0.6) is 0 Å². The SMILES string of the molecule is C=C1CC[C@@H]2[C@H]([C@@H]3C[C@@H](C)C[C@H]13)[C@]2(C)CCC. The van der Waals surface area contributed by atoms with Gasteiger partial charge in [-0.25, -0.2) is 0 Å². The van der Waals surface area contributed by atoms with Gasteiger partial charge in [-0.15, -0.1) is 0 Å². The van der Waals surface area contributed by atoms with Crippen LogP contribution in [0.4, 0.5) is 0 Å². The second kappa shape index (κ2) is 3.87. The molecular formula is C17H28. The van der Waals surface area contributed by atoms with Gasteiger partial charge < -0.3 is 0 Å². The Morgan fingerprint density at radius 2 is 2.12 bits per heavy atom. The Bertz CT molecular complexity index is 329. The van der Waals surface area contributed by atoms with E-state index in [-0.39, 0.29) is 0 Å². The smallest absolute Gasteiger partial charge is 0.0172 e. The maximum absolute atomic E-state index is 4.40. The number of hydrogen-bond acceptors (Lipinski definition) is 0. The third-order valence-electron chi connectivity index (χ3n) is 6.33. The fraction of sp³-hybridized carbons (Fsp3) is 0.882. The van der Waals surface area contributed by atoms with Gasteiger partial charge in [0.2, 0.25) is 0 Å². The van der Waals surface area contributed by atoms with Crippen LogP contribution in [0.25, 0.3) is 0 Å². The zero-order valence-electron chi connectivity index (χ0n) is 11.8. The van der Waals surface area contributed by atoms with Gasteiger partial charge in [0.15, 0.2) is 0 Å². The predicted octanol–water partition coefficient (Wildman–Crippen LogP) is 5.05. The molecule has 3 saturated carbocycles. The molecule has 3 rings (SSSR count). The molecule has 0 amide bonds. The van der Waals surface area contributed by atoms with Crippen molar-refractivity contribution >= 4 is 0 Å². The molecule has 0 heteroatoms. The summed E-state index contributed by atoms with van der Waals surface area (Å²) in [5, 5.41) is 0. The highest BCUT2D eigenvalue weighted by atomic mass is 14.7. The van der Waals surface area contributed by atoms with E-state index >= 15 is 0 Å². The van der Waals surface area contributed by atoms with Crippen LogP contribution in [-0.4, -0.2) is 0 Å². The van der Waals surface area contributed by atoms with E-state index in [0.717, 1.165) is 29.6 Å². The molecule has 17 heavy (non-hydrogen) atoms. The summed E-state index contributed by atoms with van der Waals surface area (Å²) in [5.74, 6) is 4.93. The minimum absolute atomic E-state index is 0.711. The molecule has 0 aromatic heterocycles. The second-order valence-corrected chi connectivity index (χ2v) is 7.43. The monoisotopic (exact) mass is 232 g/mol. The Balaban J connectivity index is 1.84. The van der Waals surface area contributed by atoms with E-state index in [1.54, 1.807) is 5.57 Å². The molecule has 0 aromatic carbocycles. The Hall–Kier alpha value is -0.260. The first-order valence-electron chi connectivity index (χ1n) is 7.75. The van der Waals surface area contributed by atoms with Crippen LogP contribution >= 0.6 is 0 Å². The quantitative estimate of drug-likeness (QED) is 0.584. The molecule has 0 heterocycles. The maximum Gasteiger partial charge on any atom is -0.0172 e. The van der Waals surface area contributed by atoms with Crippen molar-refractivity contribution in [2.45, 2.75) is 59.3 Å². The lowest BCUT2D eigenvalue weighted by Crippen LogP contribution is -2.15. The van der Waals surface area contributed by atoms with E-state index < -0.39 is 0 Å². The van der Waals surface area contributed by atoms with Gasteiger partial charge in [0.1, 0.15) is 0 Å². The minimum atomic E-state index is 0.711. The van der Waals surface area contributed by atoms with Gasteiger partial charge in [0.25, 0.3) is 0 Å². The van der Waals surface area contributed by atoms with Crippen LogP contribution in [0.3, 0.4) is 0 Å². The molecule has 0 spiro atoms. The number of fused-ring (bicyclic) bond motifs is 3. The van der Waals surface area contributed by atoms with Crippen molar-refractivity contribution in [3.63, 3.8) is 0 Å². The zero-order chi connectivity index (χ0) is 12.2. The first-order valence-corrected chi connectivity index (χ1v) is 7.75. The van der Waals surface area contributed by atoms with Crippen molar-refractivity contribution in [1.82, 2.24) is 0 Å².